The summed E-state index contributed by atoms with van der Waals surface area (Å²) >= 11 is 0. The van der Waals surface area contributed by atoms with E-state index in [-0.39, 0.29) is 25.6 Å². The van der Waals surface area contributed by atoms with E-state index in [1.807, 2.05) is 0 Å². The fraction of sp³-hybridized carbons (Fsp3) is 0.333. The largest absolute Gasteiger partial charge is 2.00 e. The summed E-state index contributed by atoms with van der Waals surface area (Å²) in [4.78, 5) is 8.44. The molecule has 0 amide bonds. The standard InChI is InChI=1S/C2H5.CH2O3.H3N.Zn/c1-2;2-1(3)4;;/h1H2,2H3;(H2,2,3,4);1H3;/q-1;;;+2/p-1. The monoisotopic (exact) mass is 171 g/mol. The zero-order valence-electron chi connectivity index (χ0n) is 4.89. The van der Waals surface area contributed by atoms with Gasteiger partial charge in [0.15, 0.2) is 0 Å². The van der Waals surface area contributed by atoms with E-state index in [1.165, 1.54) is 0 Å². The number of hydrogen-bond acceptors (Lipinski definition) is 3. The molecule has 0 radical (unpaired) electrons. The van der Waals surface area contributed by atoms with Crippen molar-refractivity contribution in [1.29, 1.82) is 0 Å². The average molecular weight is 172 g/mol. The molecule has 0 saturated carbocycles. The molecule has 0 fully saturated rings. The molecule has 5 heteroatoms. The van der Waals surface area contributed by atoms with Crippen molar-refractivity contribution in [2.45, 2.75) is 6.92 Å². The molecule has 0 aliphatic heterocycles. The van der Waals surface area contributed by atoms with Crippen LogP contribution in [-0.4, -0.2) is 11.3 Å². The molecule has 0 aromatic heterocycles. The Bertz CT molecular complexity index is 37.5. The molecule has 8 heavy (non-hydrogen) atoms. The van der Waals surface area contributed by atoms with E-state index in [1.54, 1.807) is 6.92 Å². The van der Waals surface area contributed by atoms with Crippen molar-refractivity contribution in [3.8, 4) is 0 Å². The van der Waals surface area contributed by atoms with Gasteiger partial charge in [-0.05, 0) is 0 Å². The second kappa shape index (κ2) is 28.8. The smallest absolute Gasteiger partial charge is 0.565 e. The Balaban J connectivity index is -0.0000000183. The van der Waals surface area contributed by atoms with Crippen LogP contribution in [0.1, 0.15) is 6.92 Å². The van der Waals surface area contributed by atoms with Crippen LogP contribution in [0.15, 0.2) is 0 Å². The van der Waals surface area contributed by atoms with Crippen LogP contribution in [0.4, 0.5) is 4.79 Å². The SMILES string of the molecule is N.O=C([O-])O.[CH2-]C.[Zn+2]. The van der Waals surface area contributed by atoms with Gasteiger partial charge in [0.25, 0.3) is 0 Å². The van der Waals surface area contributed by atoms with Crippen LogP contribution in [-0.2, 0) is 19.5 Å². The molecule has 0 heterocycles. The average Bonchev–Trinajstić information content (AvgIpc) is 1.41. The molecule has 0 saturated heterocycles. The van der Waals surface area contributed by atoms with Gasteiger partial charge in [0.05, 0.1) is 0 Å². The maximum Gasteiger partial charge on any atom is 2.00 e. The number of carboxylic acid groups (broad SMARTS) is 2. The van der Waals surface area contributed by atoms with Gasteiger partial charge >= 0.3 is 19.5 Å². The van der Waals surface area contributed by atoms with Crippen molar-refractivity contribution in [2.75, 3.05) is 0 Å². The minimum atomic E-state index is -2.08. The van der Waals surface area contributed by atoms with Crippen LogP contribution in [0.25, 0.3) is 0 Å². The van der Waals surface area contributed by atoms with E-state index < -0.39 is 6.16 Å². The third-order valence-electron chi connectivity index (χ3n) is 0. The fourth-order valence-electron chi connectivity index (χ4n) is 0. The van der Waals surface area contributed by atoms with E-state index in [9.17, 15) is 0 Å². The van der Waals surface area contributed by atoms with Crippen molar-refractivity contribution in [3.63, 3.8) is 0 Å². The Labute approximate surface area is 61.2 Å². The predicted molar refractivity (Wildman–Crippen MR) is 24.1 cm³/mol. The summed E-state index contributed by atoms with van der Waals surface area (Å²) in [6.45, 7) is 5.00. The summed E-state index contributed by atoms with van der Waals surface area (Å²) in [5.41, 5.74) is 0. The molecule has 0 unspecified atom stereocenters. The van der Waals surface area contributed by atoms with Gasteiger partial charge in [0.1, 0.15) is 0 Å². The second-order valence-electron chi connectivity index (χ2n) is 0.266. The minimum Gasteiger partial charge on any atom is -0.565 e. The van der Waals surface area contributed by atoms with E-state index >= 15 is 0 Å². The van der Waals surface area contributed by atoms with Gasteiger partial charge in [0, 0.05) is 0 Å². The molecule has 4 nitrogen and oxygen atoms in total. The maximum atomic E-state index is 8.44. The predicted octanol–water partition coefficient (Wildman–Crippen LogP) is -0.112. The summed E-state index contributed by atoms with van der Waals surface area (Å²) in [6.07, 6.45) is -2.08. The van der Waals surface area contributed by atoms with Crippen molar-refractivity contribution >= 4 is 6.16 Å². The summed E-state index contributed by atoms with van der Waals surface area (Å²) in [7, 11) is 0. The Morgan fingerprint density at radius 2 is 1.62 bits per heavy atom. The fourth-order valence-corrected chi connectivity index (χ4v) is 0. The molecule has 4 N–H and O–H groups in total. The quantitative estimate of drug-likeness (QED) is 0.394. The molecular formula is C3H9NO3Zn. The van der Waals surface area contributed by atoms with Crippen LogP contribution < -0.4 is 11.3 Å². The first-order valence-electron chi connectivity index (χ1n) is 1.34. The van der Waals surface area contributed by atoms with E-state index in [0.29, 0.717) is 0 Å². The number of rotatable bonds is 0. The molecule has 0 spiro atoms. The van der Waals surface area contributed by atoms with Crippen molar-refractivity contribution in [3.05, 3.63) is 6.92 Å². The third kappa shape index (κ3) is 6410. The van der Waals surface area contributed by atoms with Gasteiger partial charge in [0.2, 0.25) is 6.16 Å². The zero-order valence-corrected chi connectivity index (χ0v) is 7.85. The van der Waals surface area contributed by atoms with Crippen LogP contribution in [0.3, 0.4) is 0 Å². The van der Waals surface area contributed by atoms with Crippen LogP contribution in [0.2, 0.25) is 0 Å². The topological polar surface area (TPSA) is 95.4 Å². The van der Waals surface area contributed by atoms with Gasteiger partial charge in [-0.25, -0.2) is 0 Å². The summed E-state index contributed by atoms with van der Waals surface area (Å²) in [5.74, 6) is 0. The minimum absolute atomic E-state index is 0. The molecule has 0 rings (SSSR count). The normalized spacial score (nSPS) is 3.75. The summed E-state index contributed by atoms with van der Waals surface area (Å²) < 4.78 is 0. The van der Waals surface area contributed by atoms with Crippen LogP contribution in [0, 0.1) is 6.92 Å². The molecule has 46 valence electrons. The van der Waals surface area contributed by atoms with Gasteiger partial charge in [-0.2, -0.15) is 6.92 Å². The first kappa shape index (κ1) is 24.8. The van der Waals surface area contributed by atoms with Gasteiger partial charge < -0.3 is 28.1 Å². The number of hydrogen-bond donors (Lipinski definition) is 2. The summed E-state index contributed by atoms with van der Waals surface area (Å²) in [5, 5.41) is 15.3. The van der Waals surface area contributed by atoms with E-state index in [4.69, 9.17) is 15.0 Å². The molecule has 0 atom stereocenters. The van der Waals surface area contributed by atoms with Gasteiger partial charge in [-0.1, -0.05) is 0 Å². The second-order valence-corrected chi connectivity index (χ2v) is 0.266. The van der Waals surface area contributed by atoms with E-state index in [0.717, 1.165) is 0 Å². The van der Waals surface area contributed by atoms with Gasteiger partial charge in [-0.3, -0.25) is 0 Å². The summed E-state index contributed by atoms with van der Waals surface area (Å²) in [6, 6.07) is 0. The molecule has 0 aromatic carbocycles. The maximum absolute atomic E-state index is 8.44. The van der Waals surface area contributed by atoms with Gasteiger partial charge in [-0.15, -0.1) is 0 Å². The van der Waals surface area contributed by atoms with Crippen molar-refractivity contribution < 1.29 is 34.5 Å². The Hall–Kier alpha value is -0.147. The molecule has 0 bridgehead atoms. The molecule has 0 aliphatic carbocycles. The zero-order chi connectivity index (χ0) is 5.58. The van der Waals surface area contributed by atoms with Crippen LogP contribution >= 0.6 is 0 Å². The van der Waals surface area contributed by atoms with Crippen molar-refractivity contribution in [1.82, 2.24) is 6.15 Å². The Kier molecular flexibility index (Phi) is 89.6. The van der Waals surface area contributed by atoms with E-state index in [2.05, 4.69) is 6.92 Å². The third-order valence-corrected chi connectivity index (χ3v) is 0. The molecule has 0 aliphatic rings. The molecule has 0 aromatic rings. The van der Waals surface area contributed by atoms with Crippen LogP contribution in [0.5, 0.6) is 0 Å². The molecular weight excluding hydrogens is 163 g/mol. The Morgan fingerprint density at radius 3 is 1.62 bits per heavy atom. The number of carbonyl (C=O) groups is 1. The first-order valence-corrected chi connectivity index (χ1v) is 1.34. The first-order chi connectivity index (χ1) is 2.73. The van der Waals surface area contributed by atoms with Crippen molar-refractivity contribution in [2.24, 2.45) is 0 Å². The Morgan fingerprint density at radius 1 is 1.62 bits per heavy atom.